The number of amides is 1. The van der Waals surface area contributed by atoms with E-state index in [0.29, 0.717) is 22.6 Å². The lowest BCUT2D eigenvalue weighted by Gasteiger charge is -2.10. The maximum atomic E-state index is 12.4. The topological polar surface area (TPSA) is 81.4 Å². The molecule has 3 aromatic carbocycles. The molecule has 4 aromatic rings. The first kappa shape index (κ1) is 24.5. The molecule has 178 valence electrons. The molecule has 0 saturated carbocycles. The lowest BCUT2D eigenvalue weighted by atomic mass is 10.1. The predicted molar refractivity (Wildman–Crippen MR) is 141 cm³/mol. The third kappa shape index (κ3) is 6.49. The van der Waals surface area contributed by atoms with Crippen LogP contribution in [0.1, 0.15) is 18.1 Å². The summed E-state index contributed by atoms with van der Waals surface area (Å²) in [4.78, 5) is 12.4. The van der Waals surface area contributed by atoms with Crippen LogP contribution in [-0.2, 0) is 4.79 Å². The number of carbonyl (C=O) groups is 1. The van der Waals surface area contributed by atoms with E-state index in [-0.39, 0.29) is 11.7 Å². The zero-order chi connectivity index (χ0) is 24.6. The molecular weight excluding hydrogens is 482 g/mol. The number of halogens is 1. The summed E-state index contributed by atoms with van der Waals surface area (Å²) >= 11 is 7.37. The molecular formula is C26H24ClN5O2S. The summed E-state index contributed by atoms with van der Waals surface area (Å²) in [5.74, 6) is 1.35. The van der Waals surface area contributed by atoms with Crippen LogP contribution >= 0.6 is 23.4 Å². The van der Waals surface area contributed by atoms with Gasteiger partial charge in [-0.1, -0.05) is 53.2 Å². The first-order valence-electron chi connectivity index (χ1n) is 11.0. The van der Waals surface area contributed by atoms with Gasteiger partial charge in [0, 0.05) is 16.3 Å². The summed E-state index contributed by atoms with van der Waals surface area (Å²) in [6, 6.07) is 22.9. The van der Waals surface area contributed by atoms with E-state index in [1.54, 1.807) is 6.21 Å². The van der Waals surface area contributed by atoms with Crippen molar-refractivity contribution in [3.05, 3.63) is 88.9 Å². The number of ether oxygens (including phenoxy) is 1. The van der Waals surface area contributed by atoms with E-state index in [1.807, 2.05) is 91.2 Å². The zero-order valence-corrected chi connectivity index (χ0v) is 20.9. The molecule has 0 fully saturated rings. The minimum absolute atomic E-state index is 0.125. The van der Waals surface area contributed by atoms with Gasteiger partial charge in [-0.15, -0.1) is 10.2 Å². The Hall–Kier alpha value is -3.62. The van der Waals surface area contributed by atoms with Gasteiger partial charge in [0.25, 0.3) is 5.91 Å². The van der Waals surface area contributed by atoms with Crippen molar-refractivity contribution in [2.75, 3.05) is 12.4 Å². The van der Waals surface area contributed by atoms with Crippen molar-refractivity contribution in [2.45, 2.75) is 19.0 Å². The Morgan fingerprint density at radius 3 is 2.46 bits per heavy atom. The number of aromatic nitrogens is 3. The van der Waals surface area contributed by atoms with Gasteiger partial charge in [-0.2, -0.15) is 5.10 Å². The lowest BCUT2D eigenvalue weighted by molar-refractivity contribution is -0.118. The standard InChI is InChI=1S/C26H24ClN5O2S/c1-3-34-23-14-6-19(7-15-23)16-28-29-24(33)17-35-26-31-30-25(20-8-4-18(2)5-9-20)32(26)22-12-10-21(27)11-13-22/h4-16H,3,17H2,1-2H3,(H,29,33)/b28-16+. The average molecular weight is 506 g/mol. The molecule has 0 saturated heterocycles. The quantitative estimate of drug-likeness (QED) is 0.183. The number of benzene rings is 3. The van der Waals surface area contributed by atoms with E-state index in [9.17, 15) is 4.79 Å². The van der Waals surface area contributed by atoms with Crippen LogP contribution in [0.2, 0.25) is 5.02 Å². The van der Waals surface area contributed by atoms with Crippen molar-refractivity contribution in [3.63, 3.8) is 0 Å². The molecule has 0 aliphatic heterocycles. The fourth-order valence-corrected chi connectivity index (χ4v) is 4.10. The molecule has 0 unspecified atom stereocenters. The van der Waals surface area contributed by atoms with Crippen molar-refractivity contribution in [3.8, 4) is 22.8 Å². The number of hydrazone groups is 1. The van der Waals surface area contributed by atoms with Crippen LogP contribution in [0, 0.1) is 6.92 Å². The van der Waals surface area contributed by atoms with Gasteiger partial charge in [0.05, 0.1) is 18.6 Å². The van der Waals surface area contributed by atoms with E-state index >= 15 is 0 Å². The second-order valence-corrected chi connectivity index (χ2v) is 8.95. The number of nitrogens with one attached hydrogen (secondary N) is 1. The highest BCUT2D eigenvalue weighted by Crippen LogP contribution is 2.28. The van der Waals surface area contributed by atoms with Gasteiger partial charge >= 0.3 is 0 Å². The highest BCUT2D eigenvalue weighted by atomic mass is 35.5. The molecule has 0 aliphatic carbocycles. The average Bonchev–Trinajstić information content (AvgIpc) is 3.29. The maximum absolute atomic E-state index is 12.4. The van der Waals surface area contributed by atoms with Crippen LogP contribution in [0.5, 0.6) is 5.75 Å². The Morgan fingerprint density at radius 2 is 1.77 bits per heavy atom. The summed E-state index contributed by atoms with van der Waals surface area (Å²) in [5.41, 5.74) is 6.34. The maximum Gasteiger partial charge on any atom is 0.250 e. The monoisotopic (exact) mass is 505 g/mol. The summed E-state index contributed by atoms with van der Waals surface area (Å²) in [6.07, 6.45) is 1.59. The van der Waals surface area contributed by atoms with Gasteiger partial charge < -0.3 is 4.74 Å². The molecule has 1 amide bonds. The van der Waals surface area contributed by atoms with Crippen LogP contribution in [0.4, 0.5) is 0 Å². The third-order valence-electron chi connectivity index (χ3n) is 4.95. The molecule has 1 aromatic heterocycles. The first-order valence-corrected chi connectivity index (χ1v) is 12.4. The van der Waals surface area contributed by atoms with E-state index in [2.05, 4.69) is 20.7 Å². The lowest BCUT2D eigenvalue weighted by Crippen LogP contribution is -2.20. The minimum Gasteiger partial charge on any atom is -0.494 e. The Kier molecular flexibility index (Phi) is 8.18. The molecule has 4 rings (SSSR count). The molecule has 9 heteroatoms. The number of carbonyl (C=O) groups excluding carboxylic acids is 1. The van der Waals surface area contributed by atoms with Gasteiger partial charge in [-0.05, 0) is 67.9 Å². The molecule has 0 radical (unpaired) electrons. The number of aryl methyl sites for hydroxylation is 1. The molecule has 1 heterocycles. The van der Waals surface area contributed by atoms with Gasteiger partial charge in [0.15, 0.2) is 11.0 Å². The second kappa shape index (κ2) is 11.7. The molecule has 1 N–H and O–H groups in total. The van der Waals surface area contributed by atoms with Crippen molar-refractivity contribution in [1.82, 2.24) is 20.2 Å². The van der Waals surface area contributed by atoms with Crippen LogP contribution in [0.25, 0.3) is 17.1 Å². The summed E-state index contributed by atoms with van der Waals surface area (Å²) in [7, 11) is 0. The minimum atomic E-state index is -0.250. The first-order chi connectivity index (χ1) is 17.0. The van der Waals surface area contributed by atoms with Crippen LogP contribution < -0.4 is 10.2 Å². The Labute approximate surface area is 213 Å². The second-order valence-electron chi connectivity index (χ2n) is 7.57. The van der Waals surface area contributed by atoms with Crippen molar-refractivity contribution < 1.29 is 9.53 Å². The van der Waals surface area contributed by atoms with Gasteiger partial charge in [-0.25, -0.2) is 5.43 Å². The van der Waals surface area contributed by atoms with E-state index in [1.165, 1.54) is 11.8 Å². The number of nitrogens with zero attached hydrogens (tertiary/aromatic N) is 4. The summed E-state index contributed by atoms with van der Waals surface area (Å²) in [5, 5.41) is 14.0. The normalized spacial score (nSPS) is 11.1. The predicted octanol–water partition coefficient (Wildman–Crippen LogP) is 5.54. The molecule has 0 spiro atoms. The summed E-state index contributed by atoms with van der Waals surface area (Å²) in [6.45, 7) is 4.58. The van der Waals surface area contributed by atoms with Gasteiger partial charge in [-0.3, -0.25) is 9.36 Å². The highest BCUT2D eigenvalue weighted by Gasteiger charge is 2.17. The van der Waals surface area contributed by atoms with E-state index in [0.717, 1.165) is 28.1 Å². The SMILES string of the molecule is CCOc1ccc(/C=N/NC(=O)CSc2nnc(-c3ccc(C)cc3)n2-c2ccc(Cl)cc2)cc1. The Balaban J connectivity index is 1.46. The van der Waals surface area contributed by atoms with Crippen LogP contribution in [0.15, 0.2) is 83.1 Å². The van der Waals surface area contributed by atoms with Crippen molar-refractivity contribution in [2.24, 2.45) is 5.10 Å². The molecule has 35 heavy (non-hydrogen) atoms. The van der Waals surface area contributed by atoms with Crippen molar-refractivity contribution in [1.29, 1.82) is 0 Å². The molecule has 0 atom stereocenters. The molecule has 0 aliphatic rings. The smallest absolute Gasteiger partial charge is 0.250 e. The number of hydrogen-bond acceptors (Lipinski definition) is 6. The molecule has 0 bridgehead atoms. The van der Waals surface area contributed by atoms with Crippen LogP contribution in [-0.4, -0.2) is 39.2 Å². The van der Waals surface area contributed by atoms with Gasteiger partial charge in [0.1, 0.15) is 5.75 Å². The van der Waals surface area contributed by atoms with Gasteiger partial charge in [0.2, 0.25) is 0 Å². The zero-order valence-electron chi connectivity index (χ0n) is 19.3. The Bertz CT molecular complexity index is 1300. The van der Waals surface area contributed by atoms with Crippen LogP contribution in [0.3, 0.4) is 0 Å². The number of rotatable bonds is 9. The van der Waals surface area contributed by atoms with E-state index < -0.39 is 0 Å². The number of thioether (sulfide) groups is 1. The largest absolute Gasteiger partial charge is 0.494 e. The van der Waals surface area contributed by atoms with E-state index in [4.69, 9.17) is 16.3 Å². The fraction of sp³-hybridized carbons (Fsp3) is 0.154. The fourth-order valence-electron chi connectivity index (χ4n) is 3.23. The van der Waals surface area contributed by atoms with Crippen molar-refractivity contribution >= 4 is 35.5 Å². The third-order valence-corrected chi connectivity index (χ3v) is 6.14. The highest BCUT2D eigenvalue weighted by molar-refractivity contribution is 7.99. The number of hydrogen-bond donors (Lipinski definition) is 1. The Morgan fingerprint density at radius 1 is 1.06 bits per heavy atom. The summed E-state index contributed by atoms with van der Waals surface area (Å²) < 4.78 is 7.34. The molecule has 7 nitrogen and oxygen atoms in total.